The number of ether oxygens (including phenoxy) is 1. The molecule has 0 radical (unpaired) electrons. The number of rotatable bonds is 5. The minimum Gasteiger partial charge on any atom is -0.466 e. The van der Waals surface area contributed by atoms with Crippen LogP contribution in [-0.2, 0) is 9.53 Å². The van der Waals surface area contributed by atoms with Crippen LogP contribution in [0.2, 0.25) is 0 Å². The second kappa shape index (κ2) is 7.93. The summed E-state index contributed by atoms with van der Waals surface area (Å²) in [5, 5.41) is 0. The van der Waals surface area contributed by atoms with E-state index in [2.05, 4.69) is 23.5 Å². The molecular formula is C15H16O4. The molecule has 0 amide bonds. The largest absolute Gasteiger partial charge is 0.466 e. The lowest BCUT2D eigenvalue weighted by molar-refractivity contribution is -0.134. The molecule has 0 unspecified atom stereocenters. The first-order valence-electron chi connectivity index (χ1n) is 6.06. The van der Waals surface area contributed by atoms with Crippen molar-refractivity contribution in [2.75, 3.05) is 7.11 Å². The van der Waals surface area contributed by atoms with Gasteiger partial charge in [0, 0.05) is 12.5 Å². The van der Waals surface area contributed by atoms with Crippen LogP contribution >= 0.6 is 0 Å². The Bertz CT molecular complexity index is 526. The van der Waals surface area contributed by atoms with Crippen LogP contribution < -0.4 is 0 Å². The van der Waals surface area contributed by atoms with Crippen LogP contribution in [-0.4, -0.2) is 18.9 Å². The molecule has 0 aliphatic heterocycles. The van der Waals surface area contributed by atoms with Crippen molar-refractivity contribution in [2.24, 2.45) is 0 Å². The summed E-state index contributed by atoms with van der Waals surface area (Å²) < 4.78 is 9.70. The Labute approximate surface area is 112 Å². The smallest absolute Gasteiger partial charge is 0.330 e. The molecule has 0 saturated heterocycles. The number of ketones is 1. The predicted molar refractivity (Wildman–Crippen MR) is 71.4 cm³/mol. The normalized spacial score (nSPS) is 10.0. The number of methoxy groups -OCH3 is 1. The van der Waals surface area contributed by atoms with E-state index in [-0.39, 0.29) is 11.5 Å². The van der Waals surface area contributed by atoms with E-state index in [4.69, 9.17) is 4.42 Å². The Kier molecular flexibility index (Phi) is 6.17. The van der Waals surface area contributed by atoms with Crippen LogP contribution in [0.1, 0.15) is 42.5 Å². The molecule has 1 aromatic rings. The van der Waals surface area contributed by atoms with Gasteiger partial charge in [-0.05, 0) is 30.6 Å². The first-order chi connectivity index (χ1) is 9.17. The SMILES string of the molecule is CCCCC#CC(=O)c1ccc(/C=C\C(=O)OC)o1. The maximum Gasteiger partial charge on any atom is 0.330 e. The van der Waals surface area contributed by atoms with Gasteiger partial charge in [-0.25, -0.2) is 4.79 Å². The third-order valence-corrected chi connectivity index (χ3v) is 2.29. The van der Waals surface area contributed by atoms with E-state index in [9.17, 15) is 9.59 Å². The lowest BCUT2D eigenvalue weighted by atomic mass is 10.2. The Hall–Kier alpha value is -2.28. The average Bonchev–Trinajstić information content (AvgIpc) is 2.89. The third kappa shape index (κ3) is 5.26. The molecule has 19 heavy (non-hydrogen) atoms. The standard InChI is InChI=1S/C15H16O4/c1-3-4-5-6-7-13(16)14-10-8-12(19-14)9-11-15(17)18-2/h8-11H,3-5H2,1-2H3/b11-9-. The van der Waals surface area contributed by atoms with Gasteiger partial charge in [-0.1, -0.05) is 19.3 Å². The van der Waals surface area contributed by atoms with Crippen molar-refractivity contribution in [3.63, 3.8) is 0 Å². The molecule has 0 aromatic carbocycles. The molecule has 0 N–H and O–H groups in total. The van der Waals surface area contributed by atoms with Gasteiger partial charge in [0.15, 0.2) is 5.76 Å². The van der Waals surface area contributed by atoms with Gasteiger partial charge < -0.3 is 9.15 Å². The van der Waals surface area contributed by atoms with Crippen LogP contribution in [0.15, 0.2) is 22.6 Å². The quantitative estimate of drug-likeness (QED) is 0.204. The van der Waals surface area contributed by atoms with Gasteiger partial charge in [-0.2, -0.15) is 0 Å². The molecule has 1 aromatic heterocycles. The van der Waals surface area contributed by atoms with E-state index >= 15 is 0 Å². The Morgan fingerprint density at radius 3 is 2.89 bits per heavy atom. The Morgan fingerprint density at radius 2 is 2.21 bits per heavy atom. The zero-order valence-electron chi connectivity index (χ0n) is 11.1. The van der Waals surface area contributed by atoms with Crippen molar-refractivity contribution in [1.29, 1.82) is 0 Å². The zero-order valence-corrected chi connectivity index (χ0v) is 11.1. The molecule has 0 fully saturated rings. The summed E-state index contributed by atoms with van der Waals surface area (Å²) >= 11 is 0. The highest BCUT2D eigenvalue weighted by atomic mass is 16.5. The lowest BCUT2D eigenvalue weighted by Gasteiger charge is -1.89. The van der Waals surface area contributed by atoms with Gasteiger partial charge in [0.25, 0.3) is 5.78 Å². The van der Waals surface area contributed by atoms with Crippen LogP contribution in [0.4, 0.5) is 0 Å². The molecule has 100 valence electrons. The van der Waals surface area contributed by atoms with E-state index in [0.717, 1.165) is 12.8 Å². The van der Waals surface area contributed by atoms with Crippen molar-refractivity contribution in [1.82, 2.24) is 0 Å². The van der Waals surface area contributed by atoms with Gasteiger partial charge in [0.05, 0.1) is 7.11 Å². The topological polar surface area (TPSA) is 56.5 Å². The van der Waals surface area contributed by atoms with E-state index in [1.165, 1.54) is 25.3 Å². The fraction of sp³-hybridized carbons (Fsp3) is 0.333. The number of esters is 1. The van der Waals surface area contributed by atoms with Gasteiger partial charge in [0.2, 0.25) is 0 Å². The fourth-order valence-corrected chi connectivity index (χ4v) is 1.25. The van der Waals surface area contributed by atoms with Crippen molar-refractivity contribution < 1.29 is 18.7 Å². The first-order valence-corrected chi connectivity index (χ1v) is 6.06. The molecule has 4 heteroatoms. The maximum atomic E-state index is 11.6. The number of hydrogen-bond donors (Lipinski definition) is 0. The lowest BCUT2D eigenvalue weighted by Crippen LogP contribution is -1.93. The van der Waals surface area contributed by atoms with Crippen molar-refractivity contribution in [3.05, 3.63) is 29.7 Å². The number of furan rings is 1. The van der Waals surface area contributed by atoms with Crippen molar-refractivity contribution in [3.8, 4) is 11.8 Å². The van der Waals surface area contributed by atoms with E-state index < -0.39 is 5.97 Å². The average molecular weight is 260 g/mol. The zero-order chi connectivity index (χ0) is 14.1. The fourth-order valence-electron chi connectivity index (χ4n) is 1.25. The third-order valence-electron chi connectivity index (χ3n) is 2.29. The first kappa shape index (κ1) is 14.8. The van der Waals surface area contributed by atoms with Gasteiger partial charge in [-0.3, -0.25) is 4.79 Å². The van der Waals surface area contributed by atoms with Gasteiger partial charge >= 0.3 is 5.97 Å². The monoisotopic (exact) mass is 260 g/mol. The molecule has 1 heterocycles. The van der Waals surface area contributed by atoms with E-state index in [0.29, 0.717) is 12.2 Å². The summed E-state index contributed by atoms with van der Waals surface area (Å²) in [6.07, 6.45) is 5.39. The number of Topliss-reactive ketones (excluding diaryl/α,β-unsaturated/α-hetero) is 1. The highest BCUT2D eigenvalue weighted by Crippen LogP contribution is 2.10. The highest BCUT2D eigenvalue weighted by Gasteiger charge is 2.07. The summed E-state index contributed by atoms with van der Waals surface area (Å²) in [5.41, 5.74) is 0. The molecule has 1 rings (SSSR count). The molecule has 0 bridgehead atoms. The van der Waals surface area contributed by atoms with E-state index in [1.807, 2.05) is 0 Å². The summed E-state index contributed by atoms with van der Waals surface area (Å²) in [4.78, 5) is 22.5. The molecule has 0 spiro atoms. The van der Waals surface area contributed by atoms with Crippen LogP contribution in [0, 0.1) is 11.8 Å². The highest BCUT2D eigenvalue weighted by molar-refractivity contribution is 6.07. The second-order valence-corrected chi connectivity index (χ2v) is 3.79. The summed E-state index contributed by atoms with van der Waals surface area (Å²) in [7, 11) is 1.29. The second-order valence-electron chi connectivity index (χ2n) is 3.79. The minimum atomic E-state index is -0.483. The van der Waals surface area contributed by atoms with Crippen LogP contribution in [0.3, 0.4) is 0 Å². The number of carbonyl (C=O) groups is 2. The van der Waals surface area contributed by atoms with Crippen molar-refractivity contribution >= 4 is 17.8 Å². The minimum absolute atomic E-state index is 0.175. The van der Waals surface area contributed by atoms with Crippen LogP contribution in [0.5, 0.6) is 0 Å². The molecule has 0 saturated carbocycles. The summed E-state index contributed by atoms with van der Waals surface area (Å²) in [5.74, 6) is 5.07. The summed E-state index contributed by atoms with van der Waals surface area (Å²) in [6, 6.07) is 3.13. The molecule has 0 atom stereocenters. The number of hydrogen-bond acceptors (Lipinski definition) is 4. The number of unbranched alkanes of at least 4 members (excludes halogenated alkanes) is 2. The number of carbonyl (C=O) groups excluding carboxylic acids is 2. The molecule has 0 aliphatic rings. The van der Waals surface area contributed by atoms with Crippen molar-refractivity contribution in [2.45, 2.75) is 26.2 Å². The summed E-state index contributed by atoms with van der Waals surface area (Å²) in [6.45, 7) is 2.07. The van der Waals surface area contributed by atoms with Crippen LogP contribution in [0.25, 0.3) is 6.08 Å². The van der Waals surface area contributed by atoms with Gasteiger partial charge in [0.1, 0.15) is 5.76 Å². The Balaban J connectivity index is 2.63. The Morgan fingerprint density at radius 1 is 1.42 bits per heavy atom. The predicted octanol–water partition coefficient (Wildman–Crippen LogP) is 2.84. The molecule has 0 aliphatic carbocycles. The molecule has 4 nitrogen and oxygen atoms in total. The molecular weight excluding hydrogens is 244 g/mol. The van der Waals surface area contributed by atoms with Gasteiger partial charge in [-0.15, -0.1) is 0 Å². The van der Waals surface area contributed by atoms with E-state index in [1.54, 1.807) is 6.07 Å². The maximum absolute atomic E-state index is 11.6.